The van der Waals surface area contributed by atoms with Gasteiger partial charge >= 0.3 is 0 Å². The van der Waals surface area contributed by atoms with Gasteiger partial charge in [0.1, 0.15) is 5.82 Å². The standard InChI is InChI=1S/C18H22N6/c1-13-9-18-21-16(10-17(19)24(18)22-13)15-3-2-8-23(12-15)11-14-4-6-20-7-5-14/h4-7,9-10,15H,2-3,8,11-12,19H2,1H3/t15-/m0/s1. The molecular weight excluding hydrogens is 300 g/mol. The molecule has 6 nitrogen and oxygen atoms in total. The fourth-order valence-electron chi connectivity index (χ4n) is 3.53. The van der Waals surface area contributed by atoms with Crippen LogP contribution in [0.1, 0.15) is 35.7 Å². The Morgan fingerprint density at radius 1 is 1.25 bits per heavy atom. The van der Waals surface area contributed by atoms with Crippen molar-refractivity contribution in [3.05, 3.63) is 53.6 Å². The van der Waals surface area contributed by atoms with Crippen molar-refractivity contribution < 1.29 is 0 Å². The molecular formula is C18H22N6. The van der Waals surface area contributed by atoms with Gasteiger partial charge in [0.15, 0.2) is 5.65 Å². The van der Waals surface area contributed by atoms with Crippen molar-refractivity contribution in [2.24, 2.45) is 0 Å². The Balaban J connectivity index is 1.55. The zero-order valence-electron chi connectivity index (χ0n) is 13.9. The summed E-state index contributed by atoms with van der Waals surface area (Å²) in [5.74, 6) is 1.08. The van der Waals surface area contributed by atoms with Crippen LogP contribution in [-0.2, 0) is 6.54 Å². The molecule has 4 heterocycles. The minimum Gasteiger partial charge on any atom is -0.384 e. The highest BCUT2D eigenvalue weighted by Crippen LogP contribution is 2.28. The first kappa shape index (κ1) is 15.1. The number of pyridine rings is 1. The number of hydrogen-bond donors (Lipinski definition) is 1. The number of nitrogens with two attached hydrogens (primary N) is 1. The van der Waals surface area contributed by atoms with Gasteiger partial charge in [0.05, 0.1) is 11.4 Å². The summed E-state index contributed by atoms with van der Waals surface area (Å²) < 4.78 is 1.72. The van der Waals surface area contributed by atoms with Crippen molar-refractivity contribution >= 4 is 11.5 Å². The monoisotopic (exact) mass is 322 g/mol. The number of nitrogens with zero attached hydrogens (tertiary/aromatic N) is 5. The molecule has 3 aromatic rings. The lowest BCUT2D eigenvalue weighted by Gasteiger charge is -2.32. The Kier molecular flexibility index (Phi) is 3.90. The maximum atomic E-state index is 6.18. The maximum Gasteiger partial charge on any atom is 0.157 e. The summed E-state index contributed by atoms with van der Waals surface area (Å²) in [5.41, 5.74) is 10.3. The van der Waals surface area contributed by atoms with Gasteiger partial charge in [-0.3, -0.25) is 9.88 Å². The van der Waals surface area contributed by atoms with Gasteiger partial charge in [-0.1, -0.05) is 0 Å². The second-order valence-electron chi connectivity index (χ2n) is 6.59. The van der Waals surface area contributed by atoms with Gasteiger partial charge in [0.2, 0.25) is 0 Å². The lowest BCUT2D eigenvalue weighted by molar-refractivity contribution is 0.198. The molecule has 1 aliphatic heterocycles. The summed E-state index contributed by atoms with van der Waals surface area (Å²) in [7, 11) is 0. The Labute approximate surface area is 141 Å². The summed E-state index contributed by atoms with van der Waals surface area (Å²) in [6.07, 6.45) is 6.05. The van der Waals surface area contributed by atoms with Crippen molar-refractivity contribution in [3.63, 3.8) is 0 Å². The molecule has 3 aromatic heterocycles. The quantitative estimate of drug-likeness (QED) is 0.801. The van der Waals surface area contributed by atoms with E-state index in [0.717, 1.165) is 43.1 Å². The zero-order chi connectivity index (χ0) is 16.5. The van der Waals surface area contributed by atoms with Crippen LogP contribution in [0.15, 0.2) is 36.7 Å². The first-order chi connectivity index (χ1) is 11.7. The van der Waals surface area contributed by atoms with E-state index in [1.807, 2.05) is 31.5 Å². The molecule has 124 valence electrons. The van der Waals surface area contributed by atoms with Crippen LogP contribution >= 0.6 is 0 Å². The molecule has 24 heavy (non-hydrogen) atoms. The van der Waals surface area contributed by atoms with Gasteiger partial charge in [0.25, 0.3) is 0 Å². The molecule has 0 spiro atoms. The predicted molar refractivity (Wildman–Crippen MR) is 93.6 cm³/mol. The average Bonchev–Trinajstić information content (AvgIpc) is 2.97. The normalized spacial score (nSPS) is 19.0. The fraction of sp³-hybridized carbons (Fsp3) is 0.389. The van der Waals surface area contributed by atoms with Crippen molar-refractivity contribution in [3.8, 4) is 0 Å². The highest BCUT2D eigenvalue weighted by Gasteiger charge is 2.23. The third-order valence-electron chi connectivity index (χ3n) is 4.68. The smallest absolute Gasteiger partial charge is 0.157 e. The summed E-state index contributed by atoms with van der Waals surface area (Å²) in [4.78, 5) is 11.4. The van der Waals surface area contributed by atoms with Crippen LogP contribution in [0.2, 0.25) is 0 Å². The van der Waals surface area contributed by atoms with E-state index >= 15 is 0 Å². The van der Waals surface area contributed by atoms with E-state index in [2.05, 4.69) is 27.1 Å². The van der Waals surface area contributed by atoms with E-state index in [9.17, 15) is 0 Å². The number of aryl methyl sites for hydroxylation is 1. The lowest BCUT2D eigenvalue weighted by Crippen LogP contribution is -2.34. The lowest BCUT2D eigenvalue weighted by atomic mass is 9.94. The minimum atomic E-state index is 0.420. The topological polar surface area (TPSA) is 72.3 Å². The highest BCUT2D eigenvalue weighted by molar-refractivity contribution is 5.48. The van der Waals surface area contributed by atoms with Gasteiger partial charge in [0, 0.05) is 43.5 Å². The van der Waals surface area contributed by atoms with Crippen LogP contribution in [0, 0.1) is 6.92 Å². The third kappa shape index (κ3) is 2.97. The molecule has 0 bridgehead atoms. The number of hydrogen-bond acceptors (Lipinski definition) is 5. The van der Waals surface area contributed by atoms with Gasteiger partial charge < -0.3 is 5.73 Å². The largest absolute Gasteiger partial charge is 0.384 e. The number of rotatable bonds is 3. The molecule has 6 heteroatoms. The molecule has 1 saturated heterocycles. The Morgan fingerprint density at radius 2 is 2.08 bits per heavy atom. The van der Waals surface area contributed by atoms with Crippen LogP contribution in [0.4, 0.5) is 5.82 Å². The number of piperidine rings is 1. The molecule has 2 N–H and O–H groups in total. The second kappa shape index (κ2) is 6.20. The summed E-state index contributed by atoms with van der Waals surface area (Å²) >= 11 is 0. The molecule has 0 radical (unpaired) electrons. The maximum absolute atomic E-state index is 6.18. The fourth-order valence-corrected chi connectivity index (χ4v) is 3.53. The third-order valence-corrected chi connectivity index (χ3v) is 4.68. The van der Waals surface area contributed by atoms with Crippen LogP contribution < -0.4 is 5.73 Å². The number of nitrogen functional groups attached to an aromatic ring is 1. The van der Waals surface area contributed by atoms with Crippen molar-refractivity contribution in [1.82, 2.24) is 24.5 Å². The van der Waals surface area contributed by atoms with E-state index in [1.54, 1.807) is 4.52 Å². The Bertz CT molecular complexity index is 841. The first-order valence-corrected chi connectivity index (χ1v) is 8.43. The molecule has 0 saturated carbocycles. The van der Waals surface area contributed by atoms with Gasteiger partial charge in [-0.25, -0.2) is 4.98 Å². The summed E-state index contributed by atoms with van der Waals surface area (Å²) in [5, 5.41) is 4.38. The molecule has 1 fully saturated rings. The van der Waals surface area contributed by atoms with E-state index in [4.69, 9.17) is 10.7 Å². The van der Waals surface area contributed by atoms with Crippen molar-refractivity contribution in [2.45, 2.75) is 32.2 Å². The molecule has 1 atom stereocenters. The number of likely N-dealkylation sites (tertiary alicyclic amines) is 1. The SMILES string of the molecule is Cc1cc2nc([C@H]3CCCN(Cc4ccncc4)C3)cc(N)n2n1. The van der Waals surface area contributed by atoms with E-state index in [0.29, 0.717) is 11.7 Å². The summed E-state index contributed by atoms with van der Waals surface area (Å²) in [6.45, 7) is 5.06. The first-order valence-electron chi connectivity index (χ1n) is 8.43. The van der Waals surface area contributed by atoms with Crippen molar-refractivity contribution in [1.29, 1.82) is 0 Å². The van der Waals surface area contributed by atoms with Crippen molar-refractivity contribution in [2.75, 3.05) is 18.8 Å². The Morgan fingerprint density at radius 3 is 2.92 bits per heavy atom. The van der Waals surface area contributed by atoms with Crippen LogP contribution in [0.3, 0.4) is 0 Å². The van der Waals surface area contributed by atoms with Gasteiger partial charge in [-0.2, -0.15) is 9.61 Å². The number of aromatic nitrogens is 4. The van der Waals surface area contributed by atoms with Crippen LogP contribution in [0.25, 0.3) is 5.65 Å². The Hall–Kier alpha value is -2.47. The second-order valence-corrected chi connectivity index (χ2v) is 6.59. The highest BCUT2D eigenvalue weighted by atomic mass is 15.3. The molecule has 0 aliphatic carbocycles. The van der Waals surface area contributed by atoms with Crippen LogP contribution in [-0.4, -0.2) is 37.6 Å². The van der Waals surface area contributed by atoms with E-state index < -0.39 is 0 Å². The van der Waals surface area contributed by atoms with E-state index in [-0.39, 0.29) is 0 Å². The van der Waals surface area contributed by atoms with Gasteiger partial charge in [-0.05, 0) is 44.0 Å². The molecule has 0 aromatic carbocycles. The zero-order valence-corrected chi connectivity index (χ0v) is 13.9. The number of anilines is 1. The molecule has 0 unspecified atom stereocenters. The molecule has 1 aliphatic rings. The summed E-state index contributed by atoms with van der Waals surface area (Å²) in [6, 6.07) is 8.14. The minimum absolute atomic E-state index is 0.420. The van der Waals surface area contributed by atoms with Gasteiger partial charge in [-0.15, -0.1) is 0 Å². The number of fused-ring (bicyclic) bond motifs is 1. The predicted octanol–water partition coefficient (Wildman–Crippen LogP) is 2.39. The molecule has 4 rings (SSSR count). The van der Waals surface area contributed by atoms with E-state index in [1.165, 1.54) is 12.0 Å². The molecule has 0 amide bonds. The average molecular weight is 322 g/mol. The van der Waals surface area contributed by atoms with Crippen LogP contribution in [0.5, 0.6) is 0 Å².